The fourth-order valence-corrected chi connectivity index (χ4v) is 2.79. The average Bonchev–Trinajstić information content (AvgIpc) is 2.37. The van der Waals surface area contributed by atoms with Crippen LogP contribution in [0.15, 0.2) is 52.1 Å². The predicted molar refractivity (Wildman–Crippen MR) is 74.5 cm³/mol. The van der Waals surface area contributed by atoms with E-state index in [2.05, 4.69) is 33.0 Å². The first kappa shape index (κ1) is 12.5. The van der Waals surface area contributed by atoms with Crippen molar-refractivity contribution in [2.75, 3.05) is 7.11 Å². The summed E-state index contributed by atoms with van der Waals surface area (Å²) in [4.78, 5) is 5.30. The average molecular weight is 310 g/mol. The minimum absolute atomic E-state index is 0.882. The van der Waals surface area contributed by atoms with Gasteiger partial charge in [0.25, 0.3) is 0 Å². The second-order valence-corrected chi connectivity index (χ2v) is 5.38. The third-order valence-electron chi connectivity index (χ3n) is 2.22. The molecular weight excluding hydrogens is 298 g/mol. The molecule has 0 aliphatic heterocycles. The fourth-order valence-electron chi connectivity index (χ4n) is 1.43. The largest absolute Gasteiger partial charge is 0.496 e. The summed E-state index contributed by atoms with van der Waals surface area (Å²) in [5, 5.41) is 0. The Labute approximate surface area is 114 Å². The van der Waals surface area contributed by atoms with Crippen molar-refractivity contribution in [1.29, 1.82) is 0 Å². The van der Waals surface area contributed by atoms with E-state index < -0.39 is 0 Å². The van der Waals surface area contributed by atoms with E-state index in [0.29, 0.717) is 0 Å². The standard InChI is InChI=1S/C13H12BrNOS/c1-16-12-4-2-3-5-13(12)17-9-10-6-11(14)8-15-7-10/h2-8H,9H2,1H3. The Hall–Kier alpha value is -1.00. The van der Waals surface area contributed by atoms with Crippen LogP contribution in [0.25, 0.3) is 0 Å². The van der Waals surface area contributed by atoms with Crippen molar-refractivity contribution in [3.8, 4) is 5.75 Å². The molecule has 0 radical (unpaired) electrons. The molecule has 1 aromatic carbocycles. The summed E-state index contributed by atoms with van der Waals surface area (Å²) in [5.41, 5.74) is 1.19. The van der Waals surface area contributed by atoms with Crippen LogP contribution in [0.1, 0.15) is 5.56 Å². The number of halogens is 1. The first-order valence-corrected chi connectivity index (χ1v) is 6.92. The molecule has 17 heavy (non-hydrogen) atoms. The van der Waals surface area contributed by atoms with Crippen LogP contribution in [0.5, 0.6) is 5.75 Å². The zero-order chi connectivity index (χ0) is 12.1. The Bertz CT molecular complexity index is 504. The molecular formula is C13H12BrNOS. The van der Waals surface area contributed by atoms with Gasteiger partial charge in [-0.15, -0.1) is 11.8 Å². The molecule has 1 aromatic heterocycles. The first-order valence-electron chi connectivity index (χ1n) is 5.15. The maximum atomic E-state index is 5.31. The second kappa shape index (κ2) is 6.07. The SMILES string of the molecule is COc1ccccc1SCc1cncc(Br)c1. The molecule has 0 amide bonds. The summed E-state index contributed by atoms with van der Waals surface area (Å²) < 4.78 is 6.32. The lowest BCUT2D eigenvalue weighted by Gasteiger charge is -2.07. The maximum absolute atomic E-state index is 5.31. The number of benzene rings is 1. The molecule has 0 spiro atoms. The Morgan fingerprint density at radius 1 is 1.29 bits per heavy atom. The highest BCUT2D eigenvalue weighted by Gasteiger charge is 2.03. The van der Waals surface area contributed by atoms with Crippen LogP contribution in [0, 0.1) is 0 Å². The number of thioether (sulfide) groups is 1. The molecule has 2 rings (SSSR count). The number of para-hydroxylation sites is 1. The fraction of sp³-hybridized carbons (Fsp3) is 0.154. The van der Waals surface area contributed by atoms with E-state index >= 15 is 0 Å². The normalized spacial score (nSPS) is 10.2. The highest BCUT2D eigenvalue weighted by atomic mass is 79.9. The molecule has 0 N–H and O–H groups in total. The van der Waals surface area contributed by atoms with Gasteiger partial charge in [-0.3, -0.25) is 4.98 Å². The second-order valence-electron chi connectivity index (χ2n) is 3.45. The van der Waals surface area contributed by atoms with Gasteiger partial charge in [-0.2, -0.15) is 0 Å². The molecule has 0 saturated carbocycles. The van der Waals surface area contributed by atoms with Crippen LogP contribution in [0.3, 0.4) is 0 Å². The number of nitrogens with zero attached hydrogens (tertiary/aromatic N) is 1. The Balaban J connectivity index is 2.07. The number of aromatic nitrogens is 1. The lowest BCUT2D eigenvalue weighted by molar-refractivity contribution is 0.405. The van der Waals surface area contributed by atoms with E-state index in [1.807, 2.05) is 24.4 Å². The zero-order valence-electron chi connectivity index (χ0n) is 9.39. The number of ether oxygens (including phenoxy) is 1. The molecule has 88 valence electrons. The summed E-state index contributed by atoms with van der Waals surface area (Å²) in [5.74, 6) is 1.80. The summed E-state index contributed by atoms with van der Waals surface area (Å²) >= 11 is 5.17. The van der Waals surface area contributed by atoms with E-state index in [0.717, 1.165) is 20.9 Å². The minimum atomic E-state index is 0.882. The van der Waals surface area contributed by atoms with Gasteiger partial charge in [0.1, 0.15) is 5.75 Å². The van der Waals surface area contributed by atoms with Crippen LogP contribution in [0.2, 0.25) is 0 Å². The Morgan fingerprint density at radius 2 is 2.12 bits per heavy atom. The highest BCUT2D eigenvalue weighted by Crippen LogP contribution is 2.31. The molecule has 0 aliphatic rings. The van der Waals surface area contributed by atoms with Gasteiger partial charge >= 0.3 is 0 Å². The van der Waals surface area contributed by atoms with Crippen LogP contribution in [-0.4, -0.2) is 12.1 Å². The third-order valence-corrected chi connectivity index (χ3v) is 3.78. The first-order chi connectivity index (χ1) is 8.29. The highest BCUT2D eigenvalue weighted by molar-refractivity contribution is 9.10. The van der Waals surface area contributed by atoms with E-state index in [1.54, 1.807) is 25.1 Å². The van der Waals surface area contributed by atoms with Gasteiger partial charge in [0.2, 0.25) is 0 Å². The predicted octanol–water partition coefficient (Wildman–Crippen LogP) is 4.15. The maximum Gasteiger partial charge on any atom is 0.132 e. The van der Waals surface area contributed by atoms with Crippen LogP contribution < -0.4 is 4.74 Å². The van der Waals surface area contributed by atoms with Crippen molar-refractivity contribution >= 4 is 27.7 Å². The van der Waals surface area contributed by atoms with E-state index in [9.17, 15) is 0 Å². The Morgan fingerprint density at radius 3 is 2.88 bits per heavy atom. The topological polar surface area (TPSA) is 22.1 Å². The molecule has 0 saturated heterocycles. The smallest absolute Gasteiger partial charge is 0.132 e. The number of hydrogen-bond donors (Lipinski definition) is 0. The van der Waals surface area contributed by atoms with Crippen molar-refractivity contribution in [2.45, 2.75) is 10.6 Å². The number of methoxy groups -OCH3 is 1. The summed E-state index contributed by atoms with van der Waals surface area (Å²) in [6.45, 7) is 0. The van der Waals surface area contributed by atoms with E-state index in [1.165, 1.54) is 5.56 Å². The van der Waals surface area contributed by atoms with Gasteiger partial charge in [0, 0.05) is 27.5 Å². The molecule has 0 aliphatic carbocycles. The van der Waals surface area contributed by atoms with Gasteiger partial charge in [0.05, 0.1) is 7.11 Å². The van der Waals surface area contributed by atoms with Gasteiger partial charge < -0.3 is 4.74 Å². The summed E-state index contributed by atoms with van der Waals surface area (Å²) in [7, 11) is 1.69. The molecule has 0 bridgehead atoms. The van der Waals surface area contributed by atoms with Gasteiger partial charge in [-0.05, 0) is 39.7 Å². The van der Waals surface area contributed by atoms with Crippen LogP contribution in [0.4, 0.5) is 0 Å². The van der Waals surface area contributed by atoms with Gasteiger partial charge in [0.15, 0.2) is 0 Å². The van der Waals surface area contributed by atoms with E-state index in [4.69, 9.17) is 4.74 Å². The quantitative estimate of drug-likeness (QED) is 0.792. The van der Waals surface area contributed by atoms with Crippen LogP contribution >= 0.6 is 27.7 Å². The van der Waals surface area contributed by atoms with Crippen molar-refractivity contribution in [3.63, 3.8) is 0 Å². The number of hydrogen-bond acceptors (Lipinski definition) is 3. The lowest BCUT2D eigenvalue weighted by Crippen LogP contribution is -1.87. The molecule has 1 heterocycles. The molecule has 0 unspecified atom stereocenters. The van der Waals surface area contributed by atoms with Crippen LogP contribution in [-0.2, 0) is 5.75 Å². The summed E-state index contributed by atoms with van der Waals surface area (Å²) in [6.07, 6.45) is 3.67. The van der Waals surface area contributed by atoms with Crippen molar-refractivity contribution in [1.82, 2.24) is 4.98 Å². The number of rotatable bonds is 4. The van der Waals surface area contributed by atoms with Crippen molar-refractivity contribution in [3.05, 3.63) is 52.8 Å². The molecule has 0 atom stereocenters. The van der Waals surface area contributed by atoms with Gasteiger partial charge in [-0.1, -0.05) is 12.1 Å². The molecule has 2 nitrogen and oxygen atoms in total. The summed E-state index contributed by atoms with van der Waals surface area (Å²) in [6, 6.07) is 10.1. The lowest BCUT2D eigenvalue weighted by atomic mass is 10.3. The zero-order valence-corrected chi connectivity index (χ0v) is 11.8. The third kappa shape index (κ3) is 3.48. The van der Waals surface area contributed by atoms with Crippen molar-refractivity contribution < 1.29 is 4.74 Å². The monoisotopic (exact) mass is 309 g/mol. The molecule has 0 fully saturated rings. The molecule has 4 heteroatoms. The van der Waals surface area contributed by atoms with Gasteiger partial charge in [-0.25, -0.2) is 0 Å². The Kier molecular flexibility index (Phi) is 4.45. The number of pyridine rings is 1. The minimum Gasteiger partial charge on any atom is -0.496 e. The molecule has 2 aromatic rings. The van der Waals surface area contributed by atoms with E-state index in [-0.39, 0.29) is 0 Å². The van der Waals surface area contributed by atoms with Crippen molar-refractivity contribution in [2.24, 2.45) is 0 Å².